The second-order valence-electron chi connectivity index (χ2n) is 13.8. The van der Waals surface area contributed by atoms with Crippen molar-refractivity contribution in [2.24, 2.45) is 29.1 Å². The van der Waals surface area contributed by atoms with Crippen LogP contribution in [0.3, 0.4) is 0 Å². The van der Waals surface area contributed by atoms with Gasteiger partial charge in [0.15, 0.2) is 0 Å². The fourth-order valence-corrected chi connectivity index (χ4v) is 8.00. The van der Waals surface area contributed by atoms with Gasteiger partial charge in [-0.25, -0.2) is 0 Å². The second-order valence-corrected chi connectivity index (χ2v) is 13.8. The molecule has 0 aliphatic heterocycles. The van der Waals surface area contributed by atoms with Gasteiger partial charge in [-0.2, -0.15) is 0 Å². The fourth-order valence-electron chi connectivity index (χ4n) is 8.00. The Morgan fingerprint density at radius 1 is 0.702 bits per heavy atom. The molecule has 0 radical (unpaired) electrons. The monoisotopic (exact) mass is 612 g/mol. The van der Waals surface area contributed by atoms with E-state index in [4.69, 9.17) is 0 Å². The molecule has 0 N–H and O–H groups in total. The summed E-state index contributed by atoms with van der Waals surface area (Å²) in [5.41, 5.74) is 7.88. The molecule has 234 valence electrons. The smallest absolute Gasteiger partial charge is 0.0559 e. The molecule has 0 spiro atoms. The normalized spacial score (nSPS) is 31.3. The Kier molecular flexibility index (Phi) is 8.03. The highest BCUT2D eigenvalue weighted by Gasteiger charge is 2.33. The van der Waals surface area contributed by atoms with Crippen molar-refractivity contribution in [3.63, 3.8) is 0 Å². The Labute approximate surface area is 280 Å². The van der Waals surface area contributed by atoms with Gasteiger partial charge in [-0.05, 0) is 73.8 Å². The molecule has 0 saturated carbocycles. The van der Waals surface area contributed by atoms with Crippen molar-refractivity contribution >= 4 is 5.69 Å². The summed E-state index contributed by atoms with van der Waals surface area (Å²) in [6, 6.07) is 11.2. The van der Waals surface area contributed by atoms with Gasteiger partial charge in [0.25, 0.3) is 0 Å². The largest absolute Gasteiger partial charge is 0.334 e. The van der Waals surface area contributed by atoms with Gasteiger partial charge in [-0.1, -0.05) is 134 Å². The minimum Gasteiger partial charge on any atom is -0.334 e. The highest BCUT2D eigenvalue weighted by molar-refractivity contribution is 5.59. The topological polar surface area (TPSA) is 6.48 Å². The molecule has 0 bridgehead atoms. The lowest BCUT2D eigenvalue weighted by molar-refractivity contribution is 0.423. The number of benzene rings is 1. The predicted octanol–water partition coefficient (Wildman–Crippen LogP) is 10.8. The molecule has 2 heteroatoms. The number of anilines is 1. The molecule has 0 fully saturated rings. The van der Waals surface area contributed by atoms with Crippen LogP contribution >= 0.6 is 0 Å². The Hall–Kier alpha value is -4.82. The van der Waals surface area contributed by atoms with E-state index in [1.54, 1.807) is 0 Å². The van der Waals surface area contributed by atoms with Gasteiger partial charge in [-0.15, -0.1) is 0 Å². The van der Waals surface area contributed by atoms with E-state index in [1.165, 1.54) is 34.0 Å². The van der Waals surface area contributed by atoms with Gasteiger partial charge < -0.3 is 9.80 Å². The summed E-state index contributed by atoms with van der Waals surface area (Å²) in [5.74, 6) is 1.67. The molecule has 0 heterocycles. The summed E-state index contributed by atoms with van der Waals surface area (Å²) in [6.07, 6.45) is 57.8. The van der Waals surface area contributed by atoms with E-state index >= 15 is 0 Å². The number of allylic oxidation sites excluding steroid dienone is 23. The summed E-state index contributed by atoms with van der Waals surface area (Å²) in [5, 5.41) is 0. The van der Waals surface area contributed by atoms with Crippen LogP contribution in [0, 0.1) is 29.1 Å². The molecule has 0 saturated heterocycles. The third-order valence-electron chi connectivity index (χ3n) is 10.7. The van der Waals surface area contributed by atoms with Gasteiger partial charge in [-0.3, -0.25) is 0 Å². The molecular formula is C45H44N2. The average molecular weight is 613 g/mol. The van der Waals surface area contributed by atoms with Crippen molar-refractivity contribution in [3.8, 4) is 0 Å². The Bertz CT molecular complexity index is 1820. The SMILES string of the molecule is CC12C=CC=CC1C=CC(N(C1=CCC(C3=CCC(N(C4=CC5C=CC=CC5C=C4)c4ccccc4)C=C3)C=C1)C1=CC=CCC1)=C2. The lowest BCUT2D eigenvalue weighted by atomic mass is 9.71. The third-order valence-corrected chi connectivity index (χ3v) is 10.7. The van der Waals surface area contributed by atoms with Gasteiger partial charge in [0.05, 0.1) is 6.04 Å². The molecule has 7 aliphatic carbocycles. The molecule has 0 aromatic heterocycles. The van der Waals surface area contributed by atoms with Crippen LogP contribution in [0.15, 0.2) is 198 Å². The van der Waals surface area contributed by atoms with Crippen LogP contribution in [0.2, 0.25) is 0 Å². The van der Waals surface area contributed by atoms with Crippen molar-refractivity contribution in [2.75, 3.05) is 4.90 Å². The molecule has 8 rings (SSSR count). The maximum absolute atomic E-state index is 2.52. The van der Waals surface area contributed by atoms with Gasteiger partial charge in [0, 0.05) is 57.6 Å². The summed E-state index contributed by atoms with van der Waals surface area (Å²) in [6.45, 7) is 2.35. The zero-order chi connectivity index (χ0) is 31.6. The Morgan fingerprint density at radius 2 is 1.53 bits per heavy atom. The minimum absolute atomic E-state index is 0.000820. The van der Waals surface area contributed by atoms with E-state index in [-0.39, 0.29) is 11.5 Å². The first-order valence-electron chi connectivity index (χ1n) is 17.4. The number of nitrogens with zero attached hydrogens (tertiary/aromatic N) is 2. The van der Waals surface area contributed by atoms with Crippen LogP contribution in [-0.2, 0) is 0 Å². The Morgan fingerprint density at radius 3 is 2.32 bits per heavy atom. The first-order valence-corrected chi connectivity index (χ1v) is 17.4. The molecule has 2 nitrogen and oxygen atoms in total. The fraction of sp³-hybridized carbons (Fsp3) is 0.244. The van der Waals surface area contributed by atoms with Crippen molar-refractivity contribution in [2.45, 2.75) is 38.6 Å². The number of para-hydroxylation sites is 1. The highest BCUT2D eigenvalue weighted by Crippen LogP contribution is 2.43. The van der Waals surface area contributed by atoms with Crippen molar-refractivity contribution in [1.82, 2.24) is 4.90 Å². The lowest BCUT2D eigenvalue weighted by Crippen LogP contribution is -2.35. The summed E-state index contributed by atoms with van der Waals surface area (Å²) in [7, 11) is 0. The predicted molar refractivity (Wildman–Crippen MR) is 198 cm³/mol. The van der Waals surface area contributed by atoms with Crippen LogP contribution in [0.25, 0.3) is 0 Å². The van der Waals surface area contributed by atoms with E-state index in [0.29, 0.717) is 23.7 Å². The number of rotatable bonds is 7. The lowest BCUT2D eigenvalue weighted by Gasteiger charge is -2.39. The van der Waals surface area contributed by atoms with E-state index in [2.05, 4.69) is 187 Å². The van der Waals surface area contributed by atoms with Crippen molar-refractivity contribution < 1.29 is 0 Å². The zero-order valence-corrected chi connectivity index (χ0v) is 27.3. The Balaban J connectivity index is 1.01. The van der Waals surface area contributed by atoms with E-state index < -0.39 is 0 Å². The van der Waals surface area contributed by atoms with Crippen LogP contribution in [0.1, 0.15) is 32.6 Å². The first kappa shape index (κ1) is 29.6. The highest BCUT2D eigenvalue weighted by atomic mass is 15.2. The van der Waals surface area contributed by atoms with Gasteiger partial charge in [0.1, 0.15) is 0 Å². The molecule has 0 amide bonds. The maximum Gasteiger partial charge on any atom is 0.0559 e. The molecule has 7 aliphatic rings. The molecule has 6 atom stereocenters. The van der Waals surface area contributed by atoms with E-state index in [9.17, 15) is 0 Å². The number of hydrogen-bond acceptors (Lipinski definition) is 2. The average Bonchev–Trinajstić information content (AvgIpc) is 3.13. The van der Waals surface area contributed by atoms with Gasteiger partial charge in [0.2, 0.25) is 0 Å². The van der Waals surface area contributed by atoms with E-state index in [0.717, 1.165) is 25.7 Å². The summed E-state index contributed by atoms with van der Waals surface area (Å²) >= 11 is 0. The van der Waals surface area contributed by atoms with Gasteiger partial charge >= 0.3 is 0 Å². The van der Waals surface area contributed by atoms with Crippen LogP contribution < -0.4 is 4.90 Å². The molecular weight excluding hydrogens is 569 g/mol. The van der Waals surface area contributed by atoms with Crippen molar-refractivity contribution in [1.29, 1.82) is 0 Å². The molecule has 1 aromatic rings. The quantitative estimate of drug-likeness (QED) is 0.302. The van der Waals surface area contributed by atoms with Crippen LogP contribution in [-0.4, -0.2) is 10.9 Å². The summed E-state index contributed by atoms with van der Waals surface area (Å²) in [4.78, 5) is 5.03. The maximum atomic E-state index is 2.52. The molecule has 47 heavy (non-hydrogen) atoms. The summed E-state index contributed by atoms with van der Waals surface area (Å²) < 4.78 is 0. The number of fused-ring (bicyclic) bond motifs is 2. The first-order chi connectivity index (χ1) is 23.1. The van der Waals surface area contributed by atoms with E-state index in [1.807, 2.05) is 0 Å². The van der Waals surface area contributed by atoms with Crippen molar-refractivity contribution in [3.05, 3.63) is 198 Å². The van der Waals surface area contributed by atoms with Crippen LogP contribution in [0.4, 0.5) is 5.69 Å². The number of hydrogen-bond donors (Lipinski definition) is 0. The molecule has 1 aromatic carbocycles. The van der Waals surface area contributed by atoms with Crippen LogP contribution in [0.5, 0.6) is 0 Å². The molecule has 6 unspecified atom stereocenters. The standard InChI is InChI=1S/C45H44N2/c1-45-31-11-10-14-38(45)24-30-44(33-45)47(40-17-6-3-7-18-40)42-27-21-36(22-28-42)35-19-25-41(26-20-35)46(39-15-4-2-5-16-39)43-29-23-34-12-8-9-13-37(34)32-43/h2-6,8-17,19-21,23-25,27-34,36-38,41H,7,18,22,26H2,1H3. The zero-order valence-electron chi connectivity index (χ0n) is 27.3. The second kappa shape index (κ2) is 12.8. The minimum atomic E-state index is 0.000820. The third kappa shape index (κ3) is 5.94.